The van der Waals surface area contributed by atoms with E-state index < -0.39 is 11.6 Å². The second kappa shape index (κ2) is 5.19. The Morgan fingerprint density at radius 2 is 2.16 bits per heavy atom. The normalized spacial score (nSPS) is 24.1. The van der Waals surface area contributed by atoms with Gasteiger partial charge in [-0.1, -0.05) is 6.08 Å². The minimum atomic E-state index is -1.40. The Labute approximate surface area is 111 Å². The molecule has 102 valence electrons. The molecule has 0 fully saturated rings. The van der Waals surface area contributed by atoms with Gasteiger partial charge in [0.1, 0.15) is 17.8 Å². The number of alkyl halides is 1. The van der Waals surface area contributed by atoms with Crippen LogP contribution >= 0.6 is 0 Å². The molecule has 2 nitrogen and oxygen atoms in total. The van der Waals surface area contributed by atoms with E-state index in [2.05, 4.69) is 4.99 Å². The first-order valence-electron chi connectivity index (χ1n) is 6.38. The predicted octanol–water partition coefficient (Wildman–Crippen LogP) is 3.50. The summed E-state index contributed by atoms with van der Waals surface area (Å²) in [5.74, 6) is -0.862. The number of halogens is 2. The Hall–Kier alpha value is -1.58. The van der Waals surface area contributed by atoms with Gasteiger partial charge in [-0.05, 0) is 44.4 Å². The zero-order chi connectivity index (χ0) is 14.0. The van der Waals surface area contributed by atoms with Crippen LogP contribution in [0.25, 0.3) is 0 Å². The van der Waals surface area contributed by atoms with Crippen molar-refractivity contribution in [1.29, 1.82) is 0 Å². The Morgan fingerprint density at radius 1 is 1.42 bits per heavy atom. The summed E-state index contributed by atoms with van der Waals surface area (Å²) in [5.41, 5.74) is 0.164. The van der Waals surface area contributed by atoms with Crippen LogP contribution in [0.1, 0.15) is 26.7 Å². The first-order valence-corrected chi connectivity index (χ1v) is 6.38. The molecule has 0 saturated heterocycles. The Morgan fingerprint density at radius 3 is 2.74 bits per heavy atom. The van der Waals surface area contributed by atoms with Gasteiger partial charge in [-0.2, -0.15) is 0 Å². The van der Waals surface area contributed by atoms with Crippen LogP contribution in [-0.2, 0) is 4.79 Å². The summed E-state index contributed by atoms with van der Waals surface area (Å²) in [6.45, 7) is 3.49. The van der Waals surface area contributed by atoms with Gasteiger partial charge < -0.3 is 0 Å². The van der Waals surface area contributed by atoms with Gasteiger partial charge in [0, 0.05) is 17.8 Å². The van der Waals surface area contributed by atoms with Crippen LogP contribution in [0.5, 0.6) is 0 Å². The van der Waals surface area contributed by atoms with E-state index in [1.807, 2.05) is 0 Å². The summed E-state index contributed by atoms with van der Waals surface area (Å²) < 4.78 is 27.9. The number of carbonyl (C=O) groups is 1. The van der Waals surface area contributed by atoms with E-state index in [4.69, 9.17) is 0 Å². The highest BCUT2D eigenvalue weighted by Crippen LogP contribution is 2.31. The summed E-state index contributed by atoms with van der Waals surface area (Å²) >= 11 is 0. The minimum absolute atomic E-state index is 0.347. The van der Waals surface area contributed by atoms with Crippen LogP contribution in [0.3, 0.4) is 0 Å². The van der Waals surface area contributed by atoms with Crippen LogP contribution < -0.4 is 0 Å². The summed E-state index contributed by atoms with van der Waals surface area (Å²) in [6.07, 6.45) is 6.18. The molecule has 4 heteroatoms. The summed E-state index contributed by atoms with van der Waals surface area (Å²) in [7, 11) is 0. The molecular weight excluding hydrogens is 248 g/mol. The number of aldehydes is 1. The molecular formula is C15H17F2NO. The van der Waals surface area contributed by atoms with Crippen LogP contribution in [0.15, 0.2) is 40.2 Å². The lowest BCUT2D eigenvalue weighted by molar-refractivity contribution is -0.104. The van der Waals surface area contributed by atoms with Gasteiger partial charge in [-0.25, -0.2) is 8.78 Å². The van der Waals surface area contributed by atoms with Crippen LogP contribution in [-0.4, -0.2) is 24.2 Å². The van der Waals surface area contributed by atoms with Crippen molar-refractivity contribution in [3.63, 3.8) is 0 Å². The Bertz CT molecular complexity index is 507. The molecule has 1 atom stereocenters. The van der Waals surface area contributed by atoms with Crippen molar-refractivity contribution < 1.29 is 13.6 Å². The van der Waals surface area contributed by atoms with Gasteiger partial charge in [-0.15, -0.1) is 0 Å². The van der Waals surface area contributed by atoms with E-state index in [1.165, 1.54) is 19.9 Å². The molecule has 0 aromatic heterocycles. The van der Waals surface area contributed by atoms with Crippen molar-refractivity contribution in [2.45, 2.75) is 32.4 Å². The van der Waals surface area contributed by atoms with Crippen LogP contribution in [0.4, 0.5) is 8.78 Å². The lowest BCUT2D eigenvalue weighted by Crippen LogP contribution is -2.24. The van der Waals surface area contributed by atoms with Gasteiger partial charge >= 0.3 is 0 Å². The molecule has 0 spiro atoms. The average molecular weight is 265 g/mol. The van der Waals surface area contributed by atoms with E-state index >= 15 is 0 Å². The van der Waals surface area contributed by atoms with E-state index in [0.717, 1.165) is 0 Å². The van der Waals surface area contributed by atoms with Crippen LogP contribution in [0, 0.1) is 5.92 Å². The quantitative estimate of drug-likeness (QED) is 0.718. The molecule has 0 radical (unpaired) electrons. The highest BCUT2D eigenvalue weighted by atomic mass is 19.1. The van der Waals surface area contributed by atoms with E-state index in [-0.39, 0.29) is 5.83 Å². The van der Waals surface area contributed by atoms with Gasteiger partial charge in [0.15, 0.2) is 0 Å². The number of rotatable bonds is 3. The van der Waals surface area contributed by atoms with Gasteiger partial charge in [-0.3, -0.25) is 9.79 Å². The highest BCUT2D eigenvalue weighted by molar-refractivity contribution is 6.00. The Balaban J connectivity index is 2.23. The van der Waals surface area contributed by atoms with Crippen molar-refractivity contribution in [2.75, 3.05) is 6.54 Å². The number of carbonyl (C=O) groups excluding carboxylic acids is 1. The Kier molecular flexibility index (Phi) is 3.78. The molecule has 0 amide bonds. The van der Waals surface area contributed by atoms with E-state index in [1.54, 1.807) is 12.2 Å². The van der Waals surface area contributed by atoms with Crippen LogP contribution in [0.2, 0.25) is 0 Å². The molecule has 0 aromatic carbocycles. The molecule has 0 N–H and O–H groups in total. The predicted molar refractivity (Wildman–Crippen MR) is 71.6 cm³/mol. The van der Waals surface area contributed by atoms with Gasteiger partial charge in [0.05, 0.1) is 5.92 Å². The fourth-order valence-corrected chi connectivity index (χ4v) is 2.31. The SMILES string of the molecule is CC(C)(F)C1=CC(C2CC=C(C=O)C=C2F)=NCC1. The van der Waals surface area contributed by atoms with Crippen molar-refractivity contribution >= 4 is 12.0 Å². The number of aliphatic imine (C=N–C) groups is 1. The van der Waals surface area contributed by atoms with E-state index in [0.29, 0.717) is 42.5 Å². The second-order valence-corrected chi connectivity index (χ2v) is 5.34. The van der Waals surface area contributed by atoms with Gasteiger partial charge in [0.2, 0.25) is 0 Å². The molecule has 2 rings (SSSR count). The standard InChI is InChI=1S/C15H17F2NO/c1-15(2,17)11-5-6-18-14(8-11)12-4-3-10(9-19)7-13(12)16/h3,7-9,12H,4-6H2,1-2H3. The lowest BCUT2D eigenvalue weighted by Gasteiger charge is -2.25. The molecule has 1 aliphatic heterocycles. The van der Waals surface area contributed by atoms with Crippen molar-refractivity contribution in [2.24, 2.45) is 10.9 Å². The number of hydrogen-bond acceptors (Lipinski definition) is 2. The third-order valence-corrected chi connectivity index (χ3v) is 3.48. The monoisotopic (exact) mass is 265 g/mol. The fraction of sp³-hybridized carbons (Fsp3) is 0.467. The lowest BCUT2D eigenvalue weighted by atomic mass is 9.86. The zero-order valence-electron chi connectivity index (χ0n) is 11.1. The van der Waals surface area contributed by atoms with E-state index in [9.17, 15) is 13.6 Å². The zero-order valence-corrected chi connectivity index (χ0v) is 11.1. The first-order chi connectivity index (χ1) is 8.91. The third kappa shape index (κ3) is 3.06. The number of dihydropyridines is 1. The van der Waals surface area contributed by atoms with Crippen molar-refractivity contribution in [1.82, 2.24) is 0 Å². The number of nitrogens with zero attached hydrogens (tertiary/aromatic N) is 1. The third-order valence-electron chi connectivity index (χ3n) is 3.48. The number of hydrogen-bond donors (Lipinski definition) is 0. The summed E-state index contributed by atoms with van der Waals surface area (Å²) in [4.78, 5) is 14.9. The fourth-order valence-electron chi connectivity index (χ4n) is 2.31. The first kappa shape index (κ1) is 13.8. The maximum atomic E-state index is 14.0. The molecule has 0 bridgehead atoms. The second-order valence-electron chi connectivity index (χ2n) is 5.34. The smallest absolute Gasteiger partial charge is 0.149 e. The average Bonchev–Trinajstić information content (AvgIpc) is 2.37. The highest BCUT2D eigenvalue weighted by Gasteiger charge is 2.28. The molecule has 0 saturated carbocycles. The topological polar surface area (TPSA) is 29.4 Å². The molecule has 0 aromatic rings. The maximum Gasteiger partial charge on any atom is 0.149 e. The van der Waals surface area contributed by atoms with Gasteiger partial charge in [0.25, 0.3) is 0 Å². The number of allylic oxidation sites excluding steroid dienone is 5. The summed E-state index contributed by atoms with van der Waals surface area (Å²) in [6, 6.07) is 0. The summed E-state index contributed by atoms with van der Waals surface area (Å²) in [5, 5.41) is 0. The van der Waals surface area contributed by atoms with Crippen molar-refractivity contribution in [3.8, 4) is 0 Å². The molecule has 1 unspecified atom stereocenters. The molecule has 1 heterocycles. The molecule has 1 aliphatic carbocycles. The molecule has 19 heavy (non-hydrogen) atoms. The maximum absolute atomic E-state index is 14.0. The van der Waals surface area contributed by atoms with Crippen molar-refractivity contribution in [3.05, 3.63) is 35.2 Å². The molecule has 2 aliphatic rings. The minimum Gasteiger partial charge on any atom is -0.298 e. The largest absolute Gasteiger partial charge is 0.298 e.